The second-order valence-corrected chi connectivity index (χ2v) is 7.82. The van der Waals surface area contributed by atoms with Gasteiger partial charge in [-0.05, 0) is 50.3 Å². The van der Waals surface area contributed by atoms with Crippen molar-refractivity contribution in [2.45, 2.75) is 51.0 Å². The number of piperidine rings is 1. The summed E-state index contributed by atoms with van der Waals surface area (Å²) in [5.41, 5.74) is 2.58. The highest BCUT2D eigenvalue weighted by atomic mass is 16.3. The summed E-state index contributed by atoms with van der Waals surface area (Å²) in [5.74, 6) is 0.928. The van der Waals surface area contributed by atoms with E-state index in [1.54, 1.807) is 6.20 Å². The number of carbonyl (C=O) groups is 1. The van der Waals surface area contributed by atoms with E-state index in [1.807, 2.05) is 30.3 Å². The summed E-state index contributed by atoms with van der Waals surface area (Å²) in [5, 5.41) is 12.7. The molecule has 1 aliphatic heterocycles. The Morgan fingerprint density at radius 3 is 2.79 bits per heavy atom. The Kier molecular flexibility index (Phi) is 5.86. The number of carbonyl (C=O) groups excluding carboxylic acids is 1. The number of benzene rings is 1. The van der Waals surface area contributed by atoms with Crippen LogP contribution in [0.3, 0.4) is 0 Å². The fourth-order valence-electron chi connectivity index (χ4n) is 4.29. The molecular weight excluding hydrogens is 352 g/mol. The van der Waals surface area contributed by atoms with Gasteiger partial charge in [0.2, 0.25) is 11.9 Å². The lowest BCUT2D eigenvalue weighted by Crippen LogP contribution is -2.42. The van der Waals surface area contributed by atoms with Gasteiger partial charge in [0.1, 0.15) is 0 Å². The lowest BCUT2D eigenvalue weighted by atomic mass is 10.0. The van der Waals surface area contributed by atoms with Crippen molar-refractivity contribution in [1.29, 1.82) is 0 Å². The molecule has 4 rings (SSSR count). The van der Waals surface area contributed by atoms with E-state index in [2.05, 4.69) is 15.2 Å². The molecular formula is C22H28N4O2. The Morgan fingerprint density at radius 1 is 1.14 bits per heavy atom. The Balaban J connectivity index is 1.53. The van der Waals surface area contributed by atoms with Crippen LogP contribution in [-0.4, -0.2) is 40.2 Å². The zero-order chi connectivity index (χ0) is 19.3. The first-order chi connectivity index (χ1) is 13.7. The molecule has 1 aromatic heterocycles. The van der Waals surface area contributed by atoms with Crippen molar-refractivity contribution in [3.8, 4) is 11.3 Å². The summed E-state index contributed by atoms with van der Waals surface area (Å²) in [6.07, 6.45) is 9.22. The van der Waals surface area contributed by atoms with Crippen LogP contribution in [0.1, 0.15) is 44.9 Å². The molecule has 1 aromatic carbocycles. The van der Waals surface area contributed by atoms with Crippen molar-refractivity contribution >= 4 is 17.5 Å². The topological polar surface area (TPSA) is 78.4 Å². The fraction of sp³-hybridized carbons (Fsp3) is 0.500. The fourth-order valence-corrected chi connectivity index (χ4v) is 4.29. The van der Waals surface area contributed by atoms with Crippen molar-refractivity contribution in [3.05, 3.63) is 36.5 Å². The minimum absolute atomic E-state index is 0.0843. The van der Waals surface area contributed by atoms with Crippen LogP contribution in [0.5, 0.6) is 0 Å². The standard InChI is InChI=1S/C22H28N4O2/c27-15-19-10-3-4-13-26(19)22-23-12-11-20(25-22)17-8-5-9-18(14-17)24-21(28)16-6-1-2-7-16/h5,8-9,11-12,14,16,19,27H,1-4,6-7,10,13,15H2,(H,24,28)/t19-/m0/s1. The first-order valence-corrected chi connectivity index (χ1v) is 10.4. The van der Waals surface area contributed by atoms with Crippen molar-refractivity contribution in [2.24, 2.45) is 5.92 Å². The number of hydrogen-bond acceptors (Lipinski definition) is 5. The molecule has 0 unspecified atom stereocenters. The predicted molar refractivity (Wildman–Crippen MR) is 110 cm³/mol. The van der Waals surface area contributed by atoms with Gasteiger partial charge < -0.3 is 15.3 Å². The third kappa shape index (κ3) is 4.17. The van der Waals surface area contributed by atoms with Gasteiger partial charge in [-0.1, -0.05) is 25.0 Å². The minimum Gasteiger partial charge on any atom is -0.394 e. The molecule has 0 spiro atoms. The third-order valence-electron chi connectivity index (χ3n) is 5.89. The summed E-state index contributed by atoms with van der Waals surface area (Å²) in [4.78, 5) is 23.7. The number of nitrogens with one attached hydrogen (secondary N) is 1. The molecule has 2 aromatic rings. The van der Waals surface area contributed by atoms with Gasteiger partial charge in [0, 0.05) is 29.9 Å². The van der Waals surface area contributed by atoms with Crippen molar-refractivity contribution in [1.82, 2.24) is 9.97 Å². The number of anilines is 2. The van der Waals surface area contributed by atoms with E-state index in [-0.39, 0.29) is 24.5 Å². The number of aromatic nitrogens is 2. The first-order valence-electron chi connectivity index (χ1n) is 10.4. The molecule has 0 bridgehead atoms. The molecule has 2 N–H and O–H groups in total. The molecule has 2 heterocycles. The van der Waals surface area contributed by atoms with E-state index < -0.39 is 0 Å². The van der Waals surface area contributed by atoms with Gasteiger partial charge in [0.05, 0.1) is 18.3 Å². The molecule has 1 aliphatic carbocycles. The van der Waals surface area contributed by atoms with Crippen LogP contribution in [0, 0.1) is 5.92 Å². The highest BCUT2D eigenvalue weighted by Crippen LogP contribution is 2.28. The molecule has 0 radical (unpaired) electrons. The Bertz CT molecular complexity index is 820. The van der Waals surface area contributed by atoms with Crippen molar-refractivity contribution < 1.29 is 9.90 Å². The third-order valence-corrected chi connectivity index (χ3v) is 5.89. The summed E-state index contributed by atoms with van der Waals surface area (Å²) in [6, 6.07) is 9.81. The van der Waals surface area contributed by atoms with Crippen molar-refractivity contribution in [2.75, 3.05) is 23.4 Å². The Hall–Kier alpha value is -2.47. The summed E-state index contributed by atoms with van der Waals surface area (Å²) in [6.45, 7) is 0.989. The maximum absolute atomic E-state index is 12.4. The number of aliphatic hydroxyl groups excluding tert-OH is 1. The smallest absolute Gasteiger partial charge is 0.227 e. The lowest BCUT2D eigenvalue weighted by Gasteiger charge is -2.34. The van der Waals surface area contributed by atoms with E-state index in [0.29, 0.717) is 5.95 Å². The summed E-state index contributed by atoms with van der Waals surface area (Å²) in [7, 11) is 0. The number of amides is 1. The van der Waals surface area contributed by atoms with Crippen LogP contribution in [-0.2, 0) is 4.79 Å². The van der Waals surface area contributed by atoms with Gasteiger partial charge >= 0.3 is 0 Å². The minimum atomic E-state index is 0.0843. The molecule has 6 nitrogen and oxygen atoms in total. The Labute approximate surface area is 166 Å². The van der Waals surface area contributed by atoms with Gasteiger partial charge in [-0.3, -0.25) is 4.79 Å². The van der Waals surface area contributed by atoms with Crippen LogP contribution < -0.4 is 10.2 Å². The van der Waals surface area contributed by atoms with Crippen LogP contribution in [0.4, 0.5) is 11.6 Å². The second kappa shape index (κ2) is 8.69. The van der Waals surface area contributed by atoms with Gasteiger partial charge in [-0.25, -0.2) is 9.97 Å². The van der Waals surface area contributed by atoms with E-state index in [0.717, 1.165) is 68.4 Å². The van der Waals surface area contributed by atoms with Gasteiger partial charge in [0.15, 0.2) is 0 Å². The van der Waals surface area contributed by atoms with Gasteiger partial charge in [-0.2, -0.15) is 0 Å². The molecule has 1 atom stereocenters. The predicted octanol–water partition coefficient (Wildman–Crippen LogP) is 3.62. The molecule has 1 saturated carbocycles. The van der Waals surface area contributed by atoms with E-state index >= 15 is 0 Å². The highest BCUT2D eigenvalue weighted by molar-refractivity contribution is 5.93. The number of nitrogens with zero attached hydrogens (tertiary/aromatic N) is 3. The van der Waals surface area contributed by atoms with E-state index in [9.17, 15) is 9.90 Å². The molecule has 2 fully saturated rings. The number of aliphatic hydroxyl groups is 1. The molecule has 28 heavy (non-hydrogen) atoms. The van der Waals surface area contributed by atoms with Crippen LogP contribution >= 0.6 is 0 Å². The van der Waals surface area contributed by atoms with Crippen molar-refractivity contribution in [3.63, 3.8) is 0 Å². The average molecular weight is 380 g/mol. The SMILES string of the molecule is O=C(Nc1cccc(-c2ccnc(N3CCCC[C@H]3CO)n2)c1)C1CCCC1. The molecule has 2 aliphatic rings. The molecule has 1 amide bonds. The molecule has 148 valence electrons. The quantitative estimate of drug-likeness (QED) is 0.828. The zero-order valence-electron chi connectivity index (χ0n) is 16.2. The van der Waals surface area contributed by atoms with Crippen LogP contribution in [0.15, 0.2) is 36.5 Å². The zero-order valence-corrected chi connectivity index (χ0v) is 16.2. The molecule has 1 saturated heterocycles. The maximum Gasteiger partial charge on any atom is 0.227 e. The second-order valence-electron chi connectivity index (χ2n) is 7.82. The first kappa shape index (κ1) is 18.9. The summed E-state index contributed by atoms with van der Waals surface area (Å²) < 4.78 is 0. The van der Waals surface area contributed by atoms with Gasteiger partial charge in [0.25, 0.3) is 0 Å². The van der Waals surface area contributed by atoms with E-state index in [4.69, 9.17) is 4.98 Å². The maximum atomic E-state index is 12.4. The van der Waals surface area contributed by atoms with Crippen LogP contribution in [0.25, 0.3) is 11.3 Å². The monoisotopic (exact) mass is 380 g/mol. The van der Waals surface area contributed by atoms with Crippen LogP contribution in [0.2, 0.25) is 0 Å². The highest BCUT2D eigenvalue weighted by Gasteiger charge is 2.24. The lowest BCUT2D eigenvalue weighted by molar-refractivity contribution is -0.119. The Morgan fingerprint density at radius 2 is 1.96 bits per heavy atom. The van der Waals surface area contributed by atoms with Gasteiger partial charge in [-0.15, -0.1) is 0 Å². The average Bonchev–Trinajstić information content (AvgIpc) is 3.29. The van der Waals surface area contributed by atoms with E-state index in [1.165, 1.54) is 0 Å². The summed E-state index contributed by atoms with van der Waals surface area (Å²) >= 11 is 0. The normalized spacial score (nSPS) is 20.3. The molecule has 6 heteroatoms. The number of hydrogen-bond donors (Lipinski definition) is 2. The number of rotatable bonds is 5. The largest absolute Gasteiger partial charge is 0.394 e.